The smallest absolute Gasteiger partial charge is 0.267 e. The third-order valence-corrected chi connectivity index (χ3v) is 5.58. The van der Waals surface area contributed by atoms with Gasteiger partial charge in [-0.25, -0.2) is 5.10 Å². The number of benzene rings is 1. The van der Waals surface area contributed by atoms with Crippen molar-refractivity contribution < 1.29 is 0 Å². The fourth-order valence-electron chi connectivity index (χ4n) is 3.77. The second-order valence-corrected chi connectivity index (χ2v) is 7.25. The first-order valence-corrected chi connectivity index (χ1v) is 9.33. The largest absolute Gasteiger partial charge is 0.300 e. The van der Waals surface area contributed by atoms with E-state index in [1.165, 1.54) is 50.8 Å². The van der Waals surface area contributed by atoms with Crippen LogP contribution in [0.4, 0.5) is 0 Å². The lowest BCUT2D eigenvalue weighted by Gasteiger charge is -2.40. The molecule has 1 aromatic carbocycles. The van der Waals surface area contributed by atoms with Crippen LogP contribution in [0, 0.1) is 0 Å². The zero-order valence-corrected chi connectivity index (χ0v) is 14.6. The Balaban J connectivity index is 1.37. The molecule has 1 saturated carbocycles. The Morgan fingerprint density at radius 1 is 1.12 bits per heavy atom. The van der Waals surface area contributed by atoms with Gasteiger partial charge in [0.05, 0.1) is 0 Å². The number of hydrogen-bond acceptors (Lipinski definition) is 3. The van der Waals surface area contributed by atoms with E-state index in [4.69, 9.17) is 0 Å². The van der Waals surface area contributed by atoms with Gasteiger partial charge < -0.3 is 0 Å². The molecule has 0 amide bonds. The van der Waals surface area contributed by atoms with Gasteiger partial charge in [0.25, 0.3) is 5.56 Å². The van der Waals surface area contributed by atoms with Crippen molar-refractivity contribution in [3.8, 4) is 0 Å². The maximum absolute atomic E-state index is 11.7. The molecule has 2 aliphatic rings. The Morgan fingerprint density at radius 2 is 1.88 bits per heavy atom. The first kappa shape index (κ1) is 16.3. The zero-order chi connectivity index (χ0) is 17.1. The van der Waals surface area contributed by atoms with Gasteiger partial charge in [0, 0.05) is 37.3 Å². The summed E-state index contributed by atoms with van der Waals surface area (Å²) in [6, 6.07) is 11.2. The highest BCUT2D eigenvalue weighted by Crippen LogP contribution is 2.29. The molecule has 1 aromatic heterocycles. The molecule has 4 rings (SSSR count). The van der Waals surface area contributed by atoms with Gasteiger partial charge in [0.2, 0.25) is 0 Å². The normalized spacial score (nSPS) is 18.8. The minimum absolute atomic E-state index is 0.105. The van der Waals surface area contributed by atoms with E-state index in [-0.39, 0.29) is 5.56 Å². The summed E-state index contributed by atoms with van der Waals surface area (Å²) >= 11 is 0. The number of nitrogens with one attached hydrogen (secondary N) is 1. The van der Waals surface area contributed by atoms with E-state index >= 15 is 0 Å². The van der Waals surface area contributed by atoms with Gasteiger partial charge in [-0.05, 0) is 42.9 Å². The van der Waals surface area contributed by atoms with E-state index in [1.807, 2.05) is 0 Å². The topological polar surface area (TPSA) is 49.0 Å². The molecule has 4 heteroatoms. The molecule has 1 saturated heterocycles. The average Bonchev–Trinajstić information content (AvgIpc) is 2.59. The van der Waals surface area contributed by atoms with Gasteiger partial charge >= 0.3 is 0 Å². The maximum Gasteiger partial charge on any atom is 0.267 e. The summed E-state index contributed by atoms with van der Waals surface area (Å²) in [7, 11) is 0. The summed E-state index contributed by atoms with van der Waals surface area (Å²) in [5, 5.41) is 6.23. The van der Waals surface area contributed by atoms with Crippen LogP contribution in [0.5, 0.6) is 0 Å². The third kappa shape index (κ3) is 3.90. The van der Waals surface area contributed by atoms with Crippen LogP contribution >= 0.6 is 0 Å². The predicted molar refractivity (Wildman–Crippen MR) is 101 cm³/mol. The van der Waals surface area contributed by atoms with Crippen molar-refractivity contribution in [2.75, 3.05) is 13.1 Å². The van der Waals surface area contributed by atoms with Crippen molar-refractivity contribution in [3.63, 3.8) is 0 Å². The van der Waals surface area contributed by atoms with Crippen molar-refractivity contribution in [2.45, 2.75) is 44.6 Å². The molecule has 2 aromatic rings. The van der Waals surface area contributed by atoms with Gasteiger partial charge in [-0.3, -0.25) is 9.69 Å². The summed E-state index contributed by atoms with van der Waals surface area (Å²) < 4.78 is 0. The van der Waals surface area contributed by atoms with E-state index in [2.05, 4.69) is 45.4 Å². The Hall–Kier alpha value is -2.20. The zero-order valence-electron chi connectivity index (χ0n) is 14.6. The van der Waals surface area contributed by atoms with Crippen molar-refractivity contribution >= 4 is 6.08 Å². The van der Waals surface area contributed by atoms with E-state index in [0.717, 1.165) is 17.2 Å². The number of aromatic amines is 1. The summed E-state index contributed by atoms with van der Waals surface area (Å²) in [6.45, 7) is 2.44. The lowest BCUT2D eigenvalue weighted by Crippen LogP contribution is -2.43. The van der Waals surface area contributed by atoms with Crippen LogP contribution in [-0.4, -0.2) is 34.2 Å². The molecule has 2 heterocycles. The number of nitrogens with zero attached hydrogens (tertiary/aromatic N) is 2. The molecule has 4 nitrogen and oxygen atoms in total. The van der Waals surface area contributed by atoms with E-state index < -0.39 is 0 Å². The number of aromatic nitrogens is 2. The van der Waals surface area contributed by atoms with E-state index in [0.29, 0.717) is 6.42 Å². The SMILES string of the molecule is O=c1[nH]nccc1Cc1ccc(C=C2CCN(C3CCC3)CC2)cc1. The molecule has 0 atom stereocenters. The highest BCUT2D eigenvalue weighted by atomic mass is 16.1. The number of hydrogen-bond donors (Lipinski definition) is 1. The van der Waals surface area contributed by atoms with Crippen molar-refractivity contribution in [3.05, 3.63) is 69.1 Å². The molecule has 130 valence electrons. The van der Waals surface area contributed by atoms with Gasteiger partial charge in [-0.1, -0.05) is 42.3 Å². The standard InChI is InChI=1S/C21H25N3O/c25-21-19(8-11-22-23-21)15-17-6-4-16(5-7-17)14-18-9-12-24(13-10-18)20-2-1-3-20/h4-8,11,14,20H,1-3,9-10,12-13,15H2,(H,23,25). The number of piperidine rings is 1. The monoisotopic (exact) mass is 335 g/mol. The molecular weight excluding hydrogens is 310 g/mol. The van der Waals surface area contributed by atoms with Gasteiger partial charge in [0.15, 0.2) is 0 Å². The number of likely N-dealkylation sites (tertiary alicyclic amines) is 1. The minimum atomic E-state index is -0.105. The minimum Gasteiger partial charge on any atom is -0.300 e. The van der Waals surface area contributed by atoms with Crippen LogP contribution in [0.25, 0.3) is 6.08 Å². The molecule has 25 heavy (non-hydrogen) atoms. The number of H-pyrrole nitrogens is 1. The Kier molecular flexibility index (Phi) is 4.79. The van der Waals surface area contributed by atoms with Crippen molar-refractivity contribution in [2.24, 2.45) is 0 Å². The number of rotatable bonds is 4. The van der Waals surface area contributed by atoms with Crippen molar-refractivity contribution in [1.82, 2.24) is 15.1 Å². The van der Waals surface area contributed by atoms with E-state index in [9.17, 15) is 4.79 Å². The molecule has 2 fully saturated rings. The van der Waals surface area contributed by atoms with Crippen LogP contribution in [0.15, 0.2) is 46.9 Å². The first-order valence-electron chi connectivity index (χ1n) is 9.33. The van der Waals surface area contributed by atoms with Crippen LogP contribution in [0.3, 0.4) is 0 Å². The summed E-state index contributed by atoms with van der Waals surface area (Å²) in [5.41, 5.74) is 4.63. The quantitative estimate of drug-likeness (QED) is 0.932. The summed E-state index contributed by atoms with van der Waals surface area (Å²) in [5.74, 6) is 0. The first-order chi connectivity index (χ1) is 12.3. The Morgan fingerprint density at radius 3 is 2.52 bits per heavy atom. The van der Waals surface area contributed by atoms with Crippen LogP contribution in [-0.2, 0) is 6.42 Å². The predicted octanol–water partition coefficient (Wildman–Crippen LogP) is 3.39. The Bertz CT molecular complexity index is 792. The fourth-order valence-corrected chi connectivity index (χ4v) is 3.77. The molecule has 1 aliphatic carbocycles. The molecule has 0 bridgehead atoms. The summed E-state index contributed by atoms with van der Waals surface area (Å²) in [4.78, 5) is 14.4. The molecular formula is C21H25N3O. The molecule has 1 aliphatic heterocycles. The Labute approximate surface area is 148 Å². The van der Waals surface area contributed by atoms with Crippen LogP contribution in [0.1, 0.15) is 48.8 Å². The molecule has 0 unspecified atom stereocenters. The van der Waals surface area contributed by atoms with Crippen LogP contribution < -0.4 is 5.56 Å². The highest BCUT2D eigenvalue weighted by Gasteiger charge is 2.26. The molecule has 0 spiro atoms. The maximum atomic E-state index is 11.7. The third-order valence-electron chi connectivity index (χ3n) is 5.58. The fraction of sp³-hybridized carbons (Fsp3) is 0.429. The van der Waals surface area contributed by atoms with Crippen LogP contribution in [0.2, 0.25) is 0 Å². The molecule has 1 N–H and O–H groups in total. The molecule has 0 radical (unpaired) electrons. The second-order valence-electron chi connectivity index (χ2n) is 7.25. The average molecular weight is 335 g/mol. The van der Waals surface area contributed by atoms with E-state index in [1.54, 1.807) is 17.8 Å². The summed E-state index contributed by atoms with van der Waals surface area (Å²) in [6.07, 6.45) is 11.2. The van der Waals surface area contributed by atoms with Gasteiger partial charge in [-0.2, -0.15) is 5.10 Å². The van der Waals surface area contributed by atoms with Gasteiger partial charge in [0.1, 0.15) is 0 Å². The van der Waals surface area contributed by atoms with Crippen molar-refractivity contribution in [1.29, 1.82) is 0 Å². The lowest BCUT2D eigenvalue weighted by molar-refractivity contribution is 0.118. The lowest BCUT2D eigenvalue weighted by atomic mass is 9.89. The highest BCUT2D eigenvalue weighted by molar-refractivity contribution is 5.53. The van der Waals surface area contributed by atoms with Gasteiger partial charge in [-0.15, -0.1) is 0 Å². The second kappa shape index (κ2) is 7.36.